The predicted molar refractivity (Wildman–Crippen MR) is 161 cm³/mol. The molecule has 47 heavy (non-hydrogen) atoms. The molecule has 5 aliphatic rings. The normalized spacial score (nSPS) is 46.0. The zero-order valence-corrected chi connectivity index (χ0v) is 28.0. The minimum Gasteiger partial charge on any atom is -0.472 e. The molecule has 12 nitrogen and oxygen atoms in total. The highest BCUT2D eigenvalue weighted by Crippen LogP contribution is 2.75. The van der Waals surface area contributed by atoms with Gasteiger partial charge in [0.25, 0.3) is 0 Å². The van der Waals surface area contributed by atoms with Crippen LogP contribution in [0.15, 0.2) is 23.0 Å². The molecule has 1 aromatic rings. The van der Waals surface area contributed by atoms with Gasteiger partial charge in [-0.2, -0.15) is 0 Å². The number of ether oxygens (including phenoxy) is 4. The van der Waals surface area contributed by atoms with Gasteiger partial charge in [0, 0.05) is 55.3 Å². The van der Waals surface area contributed by atoms with E-state index in [9.17, 15) is 34.2 Å². The van der Waals surface area contributed by atoms with Gasteiger partial charge in [0.15, 0.2) is 12.2 Å². The third-order valence-electron chi connectivity index (χ3n) is 13.0. The average Bonchev–Trinajstić information content (AvgIpc) is 3.61. The highest BCUT2D eigenvalue weighted by Gasteiger charge is 2.82. The molecule has 0 aromatic carbocycles. The summed E-state index contributed by atoms with van der Waals surface area (Å²) >= 11 is 0. The first-order chi connectivity index (χ1) is 22.0. The summed E-state index contributed by atoms with van der Waals surface area (Å²) in [6.45, 7) is 10.9. The molecule has 0 spiro atoms. The highest BCUT2D eigenvalue weighted by molar-refractivity contribution is 5.94. The minimum atomic E-state index is -1.61. The van der Waals surface area contributed by atoms with Gasteiger partial charge in [-0.1, -0.05) is 27.7 Å². The topological polar surface area (TPSA) is 176 Å². The summed E-state index contributed by atoms with van der Waals surface area (Å²) in [5.41, 5.74) is -4.40. The van der Waals surface area contributed by atoms with Crippen LogP contribution in [0.3, 0.4) is 0 Å². The Labute approximate surface area is 273 Å². The number of fused-ring (bicyclic) bond motifs is 3. The quantitative estimate of drug-likeness (QED) is 0.338. The van der Waals surface area contributed by atoms with Crippen molar-refractivity contribution in [3.63, 3.8) is 0 Å². The second kappa shape index (κ2) is 11.2. The van der Waals surface area contributed by atoms with Crippen LogP contribution in [-0.2, 0) is 42.9 Å². The van der Waals surface area contributed by atoms with E-state index >= 15 is 0 Å². The maximum atomic E-state index is 14.8. The van der Waals surface area contributed by atoms with Gasteiger partial charge in [0.05, 0.1) is 36.6 Å². The average molecular weight is 659 g/mol. The maximum absolute atomic E-state index is 14.8. The molecule has 2 bridgehead atoms. The van der Waals surface area contributed by atoms with Gasteiger partial charge in [0.2, 0.25) is 6.29 Å². The summed E-state index contributed by atoms with van der Waals surface area (Å²) in [5, 5.41) is 24.7. The van der Waals surface area contributed by atoms with Crippen LogP contribution in [-0.4, -0.2) is 77.0 Å². The van der Waals surface area contributed by atoms with Crippen molar-refractivity contribution in [2.45, 2.75) is 111 Å². The van der Waals surface area contributed by atoms with Crippen molar-refractivity contribution in [2.75, 3.05) is 6.61 Å². The fraction of sp³-hybridized carbons (Fsp3) is 0.743. The number of carbonyl (C=O) groups excluding carboxylic acids is 5. The van der Waals surface area contributed by atoms with Crippen LogP contribution in [0.1, 0.15) is 85.6 Å². The number of aliphatic hydroxyl groups is 2. The van der Waals surface area contributed by atoms with Crippen LogP contribution in [0.25, 0.3) is 0 Å². The van der Waals surface area contributed by atoms with Gasteiger partial charge in [-0.15, -0.1) is 0 Å². The molecule has 1 saturated heterocycles. The summed E-state index contributed by atoms with van der Waals surface area (Å²) < 4.78 is 29.2. The van der Waals surface area contributed by atoms with Gasteiger partial charge < -0.3 is 33.6 Å². The van der Waals surface area contributed by atoms with Crippen molar-refractivity contribution < 1.29 is 57.6 Å². The number of rotatable bonds is 6. The van der Waals surface area contributed by atoms with E-state index < -0.39 is 93.9 Å². The van der Waals surface area contributed by atoms with Crippen molar-refractivity contribution in [1.82, 2.24) is 0 Å². The molecule has 0 unspecified atom stereocenters. The van der Waals surface area contributed by atoms with E-state index in [1.54, 1.807) is 33.1 Å². The number of ketones is 2. The van der Waals surface area contributed by atoms with E-state index in [1.807, 2.05) is 13.8 Å². The number of hydrogen-bond donors (Lipinski definition) is 2. The van der Waals surface area contributed by atoms with E-state index in [0.717, 1.165) is 12.5 Å². The molecule has 0 radical (unpaired) electrons. The lowest BCUT2D eigenvalue weighted by atomic mass is 9.33. The molecule has 4 saturated carbocycles. The molecular weight excluding hydrogens is 612 g/mol. The molecule has 4 aliphatic carbocycles. The monoisotopic (exact) mass is 658 g/mol. The molecule has 0 amide bonds. The maximum Gasteiger partial charge on any atom is 0.310 e. The van der Waals surface area contributed by atoms with E-state index in [-0.39, 0.29) is 43.4 Å². The van der Waals surface area contributed by atoms with Crippen molar-refractivity contribution >= 4 is 29.5 Å². The second-order valence-electron chi connectivity index (χ2n) is 15.4. The molecule has 5 fully saturated rings. The third-order valence-corrected chi connectivity index (χ3v) is 13.0. The Balaban J connectivity index is 1.54. The van der Waals surface area contributed by atoms with Crippen LogP contribution in [0, 0.1) is 45.3 Å². The summed E-state index contributed by atoms with van der Waals surface area (Å²) in [5.74, 6) is -5.93. The van der Waals surface area contributed by atoms with Crippen LogP contribution >= 0.6 is 0 Å². The molecule has 12 heteroatoms. The number of aliphatic hydroxyl groups excluding tert-OH is 2. The van der Waals surface area contributed by atoms with Gasteiger partial charge in [-0.3, -0.25) is 24.0 Å². The van der Waals surface area contributed by atoms with Crippen LogP contribution in [0.5, 0.6) is 0 Å². The SMILES string of the molecule is CC[C@@H](C)C(=O)O[C@@H]1OC[C@]23[C@@H](O)[C@H](OC(C)=O)[C@H](OC(C)=O)[C@@]1(C)[C@@H]2C[C@H](O)[C@@]1(C)[C@@H]2C(=O)C[C@H](c4ccoc4)[C@@]2(C)CC(=O)[C@@H]13. The Morgan fingerprint density at radius 2 is 1.68 bits per heavy atom. The number of carbonyl (C=O) groups is 5. The van der Waals surface area contributed by atoms with Crippen LogP contribution < -0.4 is 0 Å². The first-order valence-electron chi connectivity index (χ1n) is 16.6. The Hall–Kier alpha value is -3.09. The second-order valence-corrected chi connectivity index (χ2v) is 15.4. The molecular formula is C35H46O12. The lowest BCUT2D eigenvalue weighted by Gasteiger charge is -2.73. The predicted octanol–water partition coefficient (Wildman–Crippen LogP) is 3.11. The first-order valence-corrected chi connectivity index (χ1v) is 16.6. The molecule has 258 valence electrons. The zero-order valence-electron chi connectivity index (χ0n) is 28.0. The molecule has 6 rings (SSSR count). The smallest absolute Gasteiger partial charge is 0.310 e. The molecule has 2 heterocycles. The van der Waals surface area contributed by atoms with E-state index in [4.69, 9.17) is 23.4 Å². The van der Waals surface area contributed by atoms with Crippen LogP contribution in [0.2, 0.25) is 0 Å². The van der Waals surface area contributed by atoms with E-state index in [2.05, 4.69) is 0 Å². The minimum absolute atomic E-state index is 0.0117. The van der Waals surface area contributed by atoms with Gasteiger partial charge in [-0.05, 0) is 42.7 Å². The Morgan fingerprint density at radius 1 is 1.00 bits per heavy atom. The molecule has 1 aromatic heterocycles. The van der Waals surface area contributed by atoms with Crippen molar-refractivity contribution in [3.05, 3.63) is 24.2 Å². The number of hydrogen-bond acceptors (Lipinski definition) is 12. The van der Waals surface area contributed by atoms with Gasteiger partial charge >= 0.3 is 17.9 Å². The highest BCUT2D eigenvalue weighted by atomic mass is 16.7. The Bertz CT molecular complexity index is 1470. The largest absolute Gasteiger partial charge is 0.472 e. The summed E-state index contributed by atoms with van der Waals surface area (Å²) in [7, 11) is 0. The lowest BCUT2D eigenvalue weighted by Crippen LogP contribution is -2.82. The third kappa shape index (κ3) is 4.46. The van der Waals surface area contributed by atoms with E-state index in [1.165, 1.54) is 13.2 Å². The summed E-state index contributed by atoms with van der Waals surface area (Å²) in [4.78, 5) is 67.3. The Kier molecular flexibility index (Phi) is 8.08. The van der Waals surface area contributed by atoms with Crippen molar-refractivity contribution in [3.8, 4) is 0 Å². The van der Waals surface area contributed by atoms with Gasteiger partial charge in [-0.25, -0.2) is 0 Å². The molecule has 1 aliphatic heterocycles. The summed E-state index contributed by atoms with van der Waals surface area (Å²) in [6.07, 6.45) is -3.28. The summed E-state index contributed by atoms with van der Waals surface area (Å²) in [6, 6.07) is 1.79. The molecule has 14 atom stereocenters. The fourth-order valence-electron chi connectivity index (χ4n) is 11.0. The molecule has 2 N–H and O–H groups in total. The Morgan fingerprint density at radius 3 is 2.28 bits per heavy atom. The fourth-order valence-corrected chi connectivity index (χ4v) is 11.0. The van der Waals surface area contributed by atoms with E-state index in [0.29, 0.717) is 6.42 Å². The van der Waals surface area contributed by atoms with Gasteiger partial charge in [0.1, 0.15) is 17.7 Å². The number of esters is 3. The van der Waals surface area contributed by atoms with Crippen molar-refractivity contribution in [2.24, 2.45) is 45.3 Å². The standard InChI is InChI=1S/C35H46O12/c1-8-16(2)30(42)47-31-33(6)23-12-24(40)34(7)26-21(38)11-20(19-9-10-43-14-19)32(26,5)13-22(39)27(34)35(23,15-44-31)28(41)25(45-17(3)36)29(33)46-18(4)37/h9-10,14,16,20,23-29,31,40-41H,8,11-13,15H2,1-7H3/t16-,20-,23+,24+,25+,26-,27+,28+,29+,31+,32-,33-,34+,35+/m1/s1. The number of Topliss-reactive ketones (excluding diaryl/α,β-unsaturated/α-hetero) is 2. The van der Waals surface area contributed by atoms with Crippen molar-refractivity contribution in [1.29, 1.82) is 0 Å². The lowest BCUT2D eigenvalue weighted by molar-refractivity contribution is -0.387. The van der Waals surface area contributed by atoms with Crippen LogP contribution in [0.4, 0.5) is 0 Å². The zero-order chi connectivity index (χ0) is 34.4. The number of furan rings is 1. The first kappa shape index (κ1) is 33.8.